The van der Waals surface area contributed by atoms with Crippen molar-refractivity contribution >= 4 is 29.8 Å². The minimum Gasteiger partial charge on any atom is -0.464 e. The van der Waals surface area contributed by atoms with E-state index in [1.807, 2.05) is 0 Å². The summed E-state index contributed by atoms with van der Waals surface area (Å²) in [7, 11) is 0. The molecule has 0 fully saturated rings. The molecule has 12 heteroatoms. The Hall–Kier alpha value is -2.73. The number of rotatable bonds is 48. The van der Waals surface area contributed by atoms with E-state index in [4.69, 9.17) is 30.4 Å². The standard InChI is InChI=1S/C51H97N3O9/c1-3-5-7-9-11-13-15-17-19-21-23-25-27-29-31-36-47(55)61-43-45(63-50(58)37-32-30-28-26-24-22-20-18-16-14-12-10-8-6-4-2)44-62-49(57)39-38-48(56)60-42-41-54-51(59)46(53)35-33-34-40-52/h45-46H,3-44,52-53H2,1-2H3,(H,54,59)/t45-,46?/m1/s1. The first-order chi connectivity index (χ1) is 30.7. The second kappa shape index (κ2) is 47.2. The molecule has 1 unspecified atom stereocenters. The van der Waals surface area contributed by atoms with Gasteiger partial charge in [0.05, 0.1) is 25.4 Å². The lowest BCUT2D eigenvalue weighted by atomic mass is 10.0. The smallest absolute Gasteiger partial charge is 0.306 e. The number of hydrogen-bond acceptors (Lipinski definition) is 11. The number of unbranched alkanes of at least 4 members (excludes halogenated alkanes) is 29. The molecule has 0 saturated carbocycles. The summed E-state index contributed by atoms with van der Waals surface area (Å²) in [5.41, 5.74) is 11.3. The van der Waals surface area contributed by atoms with Crippen LogP contribution < -0.4 is 16.8 Å². The Morgan fingerprint density at radius 2 is 0.778 bits per heavy atom. The molecule has 0 spiro atoms. The third-order valence-electron chi connectivity index (χ3n) is 11.6. The Balaban J connectivity index is 4.49. The fourth-order valence-corrected chi connectivity index (χ4v) is 7.54. The fourth-order valence-electron chi connectivity index (χ4n) is 7.54. The maximum atomic E-state index is 12.8. The first-order valence-corrected chi connectivity index (χ1v) is 26.1. The van der Waals surface area contributed by atoms with E-state index < -0.39 is 30.1 Å². The molecule has 63 heavy (non-hydrogen) atoms. The molecule has 12 nitrogen and oxygen atoms in total. The number of amides is 1. The van der Waals surface area contributed by atoms with Gasteiger partial charge in [-0.15, -0.1) is 0 Å². The summed E-state index contributed by atoms with van der Waals surface area (Å²) in [6.45, 7) is 4.60. The molecule has 0 bridgehead atoms. The number of ether oxygens (including phenoxy) is 4. The zero-order valence-corrected chi connectivity index (χ0v) is 40.7. The van der Waals surface area contributed by atoms with Gasteiger partial charge in [0.15, 0.2) is 6.10 Å². The Bertz CT molecular complexity index is 1090. The fraction of sp³-hybridized carbons (Fsp3) is 0.902. The van der Waals surface area contributed by atoms with Crippen molar-refractivity contribution in [2.45, 2.75) is 264 Å². The van der Waals surface area contributed by atoms with Crippen LogP contribution in [-0.2, 0) is 42.9 Å². The van der Waals surface area contributed by atoms with Crippen LogP contribution in [0.4, 0.5) is 0 Å². The summed E-state index contributed by atoms with van der Waals surface area (Å²) >= 11 is 0. The van der Waals surface area contributed by atoms with E-state index in [0.29, 0.717) is 19.4 Å². The van der Waals surface area contributed by atoms with Gasteiger partial charge in [0.25, 0.3) is 0 Å². The van der Waals surface area contributed by atoms with Crippen LogP contribution in [0.1, 0.15) is 251 Å². The molecule has 0 aromatic carbocycles. The molecule has 0 aromatic heterocycles. The van der Waals surface area contributed by atoms with Gasteiger partial charge >= 0.3 is 23.9 Å². The molecule has 0 aliphatic heterocycles. The zero-order valence-electron chi connectivity index (χ0n) is 40.7. The lowest BCUT2D eigenvalue weighted by Gasteiger charge is -2.18. The molecule has 2 atom stereocenters. The average molecular weight is 896 g/mol. The molecule has 0 rings (SSSR count). The van der Waals surface area contributed by atoms with E-state index in [1.54, 1.807) is 0 Å². The van der Waals surface area contributed by atoms with Gasteiger partial charge in [-0.05, 0) is 32.2 Å². The first kappa shape index (κ1) is 60.3. The van der Waals surface area contributed by atoms with Crippen molar-refractivity contribution < 1.29 is 42.9 Å². The maximum Gasteiger partial charge on any atom is 0.306 e. The van der Waals surface area contributed by atoms with Gasteiger partial charge in [0.2, 0.25) is 5.91 Å². The summed E-state index contributed by atoms with van der Waals surface area (Å²) < 4.78 is 21.5. The normalized spacial score (nSPS) is 12.1. The molecule has 0 saturated heterocycles. The Morgan fingerprint density at radius 1 is 0.429 bits per heavy atom. The van der Waals surface area contributed by atoms with E-state index in [1.165, 1.54) is 148 Å². The van der Waals surface area contributed by atoms with E-state index in [9.17, 15) is 24.0 Å². The number of carbonyl (C=O) groups excluding carboxylic acids is 5. The van der Waals surface area contributed by atoms with Gasteiger partial charge in [-0.1, -0.05) is 200 Å². The van der Waals surface area contributed by atoms with Crippen LogP contribution >= 0.6 is 0 Å². The van der Waals surface area contributed by atoms with Crippen molar-refractivity contribution in [3.05, 3.63) is 0 Å². The van der Waals surface area contributed by atoms with Crippen molar-refractivity contribution in [2.75, 3.05) is 32.9 Å². The van der Waals surface area contributed by atoms with Crippen LogP contribution in [0.3, 0.4) is 0 Å². The highest BCUT2D eigenvalue weighted by molar-refractivity contribution is 5.81. The molecule has 0 aliphatic rings. The summed E-state index contributed by atoms with van der Waals surface area (Å²) in [5, 5.41) is 2.63. The highest BCUT2D eigenvalue weighted by Crippen LogP contribution is 2.16. The minimum atomic E-state index is -0.944. The van der Waals surface area contributed by atoms with Crippen LogP contribution in [0.25, 0.3) is 0 Å². The van der Waals surface area contributed by atoms with Crippen LogP contribution in [0, 0.1) is 0 Å². The third-order valence-corrected chi connectivity index (χ3v) is 11.6. The molecule has 370 valence electrons. The van der Waals surface area contributed by atoms with Gasteiger partial charge in [0, 0.05) is 12.8 Å². The maximum absolute atomic E-state index is 12.8. The Kier molecular flexibility index (Phi) is 45.2. The monoisotopic (exact) mass is 896 g/mol. The molecule has 0 aliphatic carbocycles. The summed E-state index contributed by atoms with van der Waals surface area (Å²) in [6, 6.07) is -0.652. The van der Waals surface area contributed by atoms with E-state index in [0.717, 1.165) is 51.4 Å². The van der Waals surface area contributed by atoms with Crippen LogP contribution in [0.5, 0.6) is 0 Å². The van der Waals surface area contributed by atoms with Crippen molar-refractivity contribution in [2.24, 2.45) is 11.5 Å². The molecule has 0 heterocycles. The lowest BCUT2D eigenvalue weighted by molar-refractivity contribution is -0.167. The lowest BCUT2D eigenvalue weighted by Crippen LogP contribution is -2.42. The summed E-state index contributed by atoms with van der Waals surface area (Å²) in [5.74, 6) is -2.40. The number of hydrogen-bond donors (Lipinski definition) is 3. The predicted molar refractivity (Wildman–Crippen MR) is 255 cm³/mol. The van der Waals surface area contributed by atoms with E-state index >= 15 is 0 Å². The summed E-state index contributed by atoms with van der Waals surface area (Å²) in [6.07, 6.45) is 38.3. The minimum absolute atomic E-state index is 0.0582. The highest BCUT2D eigenvalue weighted by atomic mass is 16.6. The molecule has 0 radical (unpaired) electrons. The van der Waals surface area contributed by atoms with Crippen LogP contribution in [0.2, 0.25) is 0 Å². The molecule has 1 amide bonds. The highest BCUT2D eigenvalue weighted by Gasteiger charge is 2.20. The molecule has 0 aromatic rings. The Morgan fingerprint density at radius 3 is 1.17 bits per heavy atom. The van der Waals surface area contributed by atoms with Gasteiger partial charge in [-0.3, -0.25) is 24.0 Å². The van der Waals surface area contributed by atoms with Crippen molar-refractivity contribution in [3.8, 4) is 0 Å². The van der Waals surface area contributed by atoms with Crippen molar-refractivity contribution in [1.29, 1.82) is 0 Å². The largest absolute Gasteiger partial charge is 0.464 e. The van der Waals surface area contributed by atoms with E-state index in [2.05, 4.69) is 19.2 Å². The first-order valence-electron chi connectivity index (χ1n) is 26.1. The van der Waals surface area contributed by atoms with Gasteiger partial charge < -0.3 is 35.7 Å². The third kappa shape index (κ3) is 44.3. The van der Waals surface area contributed by atoms with Crippen LogP contribution in [-0.4, -0.2) is 74.8 Å². The number of carbonyl (C=O) groups is 5. The van der Waals surface area contributed by atoms with E-state index in [-0.39, 0.29) is 63.9 Å². The van der Waals surface area contributed by atoms with Gasteiger partial charge in [-0.2, -0.15) is 0 Å². The topological polar surface area (TPSA) is 186 Å². The molecular weight excluding hydrogens is 799 g/mol. The van der Waals surface area contributed by atoms with Crippen LogP contribution in [0.15, 0.2) is 0 Å². The molecule has 5 N–H and O–H groups in total. The van der Waals surface area contributed by atoms with Crippen molar-refractivity contribution in [1.82, 2.24) is 5.32 Å². The second-order valence-corrected chi connectivity index (χ2v) is 17.8. The van der Waals surface area contributed by atoms with Gasteiger partial charge in [0.1, 0.15) is 19.8 Å². The number of nitrogens with one attached hydrogen (secondary N) is 1. The predicted octanol–water partition coefficient (Wildman–Crippen LogP) is 11.4. The average Bonchev–Trinajstić information content (AvgIpc) is 3.27. The quantitative estimate of drug-likeness (QED) is 0.0300. The zero-order chi connectivity index (χ0) is 46.3. The van der Waals surface area contributed by atoms with Crippen molar-refractivity contribution in [3.63, 3.8) is 0 Å². The van der Waals surface area contributed by atoms with Gasteiger partial charge in [-0.25, -0.2) is 0 Å². The SMILES string of the molecule is CCCCCCCCCCCCCCCCCC(=O)OC[C@H](COC(=O)CCC(=O)OCCNC(=O)C(N)CCCCN)OC(=O)CCCCCCCCCCCCCCCCC. The number of nitrogens with two attached hydrogens (primary N) is 2. The Labute approximate surface area is 384 Å². The number of esters is 4. The second-order valence-electron chi connectivity index (χ2n) is 17.8. The molecular formula is C51H97N3O9. The summed E-state index contributed by atoms with van der Waals surface area (Å²) in [4.78, 5) is 62.1.